The summed E-state index contributed by atoms with van der Waals surface area (Å²) in [6.45, 7) is 1.28. The Hall–Kier alpha value is -1.44. The van der Waals surface area contributed by atoms with Crippen LogP contribution in [0.4, 0.5) is 0 Å². The van der Waals surface area contributed by atoms with Crippen LogP contribution in [0, 0.1) is 0 Å². The average Bonchev–Trinajstić information content (AvgIpc) is 2.38. The summed E-state index contributed by atoms with van der Waals surface area (Å²) < 4.78 is 31.0. The minimum atomic E-state index is -3.71. The van der Waals surface area contributed by atoms with Gasteiger partial charge in [0.1, 0.15) is 6.04 Å². The minimum Gasteiger partial charge on any atom is -0.480 e. The zero-order valence-electron chi connectivity index (χ0n) is 11.4. The van der Waals surface area contributed by atoms with Crippen molar-refractivity contribution in [2.45, 2.75) is 25.5 Å². The molecular weight excluding hydrogens is 282 g/mol. The summed E-state index contributed by atoms with van der Waals surface area (Å²) >= 11 is 0. The van der Waals surface area contributed by atoms with E-state index in [1.807, 2.05) is 30.3 Å². The molecule has 0 aromatic heterocycles. The van der Waals surface area contributed by atoms with Crippen molar-refractivity contribution in [3.8, 4) is 0 Å². The lowest BCUT2D eigenvalue weighted by Gasteiger charge is -2.17. The molecule has 0 aliphatic carbocycles. The second kappa shape index (κ2) is 7.37. The van der Waals surface area contributed by atoms with E-state index in [4.69, 9.17) is 9.84 Å². The Bertz CT molecular complexity index is 529. The number of carbonyl (C=O) groups is 1. The summed E-state index contributed by atoms with van der Waals surface area (Å²) in [6, 6.07) is 8.20. The van der Waals surface area contributed by atoms with E-state index in [1.54, 1.807) is 0 Å². The third-order valence-corrected chi connectivity index (χ3v) is 4.29. The van der Waals surface area contributed by atoms with Gasteiger partial charge in [-0.2, -0.15) is 0 Å². The zero-order chi connectivity index (χ0) is 15.2. The summed E-state index contributed by atoms with van der Waals surface area (Å²) in [6.07, 6.45) is -0.0874. The molecule has 6 nitrogen and oxygen atoms in total. The molecule has 1 aromatic rings. The molecule has 0 saturated heterocycles. The Labute approximate surface area is 118 Å². The van der Waals surface area contributed by atoms with Gasteiger partial charge in [0, 0.05) is 7.11 Å². The number of ether oxygens (including phenoxy) is 1. The second-order valence-electron chi connectivity index (χ2n) is 4.51. The van der Waals surface area contributed by atoms with Crippen LogP contribution in [0.1, 0.15) is 12.5 Å². The predicted molar refractivity (Wildman–Crippen MR) is 75.0 cm³/mol. The van der Waals surface area contributed by atoms with E-state index in [0.717, 1.165) is 5.56 Å². The molecule has 0 radical (unpaired) electrons. The van der Waals surface area contributed by atoms with E-state index in [0.29, 0.717) is 6.42 Å². The number of hydrogen-bond acceptors (Lipinski definition) is 4. The summed E-state index contributed by atoms with van der Waals surface area (Å²) in [5, 5.41) is 8.71. The Kier molecular flexibility index (Phi) is 6.12. The standard InChI is InChI=1S/C13H19NO5S/c1-10(13(15)16)14-20(17,18)9-12(19-2)8-11-6-4-3-5-7-11/h3-7,10,12,14H,8-9H2,1-2H3,(H,15,16). The molecule has 0 aliphatic heterocycles. The first-order valence-corrected chi connectivity index (χ1v) is 7.79. The van der Waals surface area contributed by atoms with Gasteiger partial charge in [0.25, 0.3) is 0 Å². The predicted octanol–water partition coefficient (Wildman–Crippen LogP) is 0.637. The van der Waals surface area contributed by atoms with Gasteiger partial charge in [0.2, 0.25) is 10.0 Å². The largest absolute Gasteiger partial charge is 0.480 e. The van der Waals surface area contributed by atoms with Crippen molar-refractivity contribution < 1.29 is 23.1 Å². The van der Waals surface area contributed by atoms with Crippen LogP contribution in [0.2, 0.25) is 0 Å². The number of sulfonamides is 1. The molecule has 2 N–H and O–H groups in total. The average molecular weight is 301 g/mol. The lowest BCUT2D eigenvalue weighted by atomic mass is 10.1. The summed E-state index contributed by atoms with van der Waals surface area (Å²) in [5.74, 6) is -1.50. The van der Waals surface area contributed by atoms with Crippen molar-refractivity contribution in [3.05, 3.63) is 35.9 Å². The van der Waals surface area contributed by atoms with Crippen LogP contribution in [-0.2, 0) is 26.0 Å². The molecule has 0 heterocycles. The van der Waals surface area contributed by atoms with Crippen LogP contribution in [0.3, 0.4) is 0 Å². The fraction of sp³-hybridized carbons (Fsp3) is 0.462. The number of nitrogens with one attached hydrogen (secondary N) is 1. The van der Waals surface area contributed by atoms with Gasteiger partial charge in [-0.15, -0.1) is 0 Å². The van der Waals surface area contributed by atoms with Crippen molar-refractivity contribution in [1.29, 1.82) is 0 Å². The highest BCUT2D eigenvalue weighted by Crippen LogP contribution is 2.07. The zero-order valence-corrected chi connectivity index (χ0v) is 12.3. The molecule has 0 aliphatic rings. The van der Waals surface area contributed by atoms with Crippen LogP contribution >= 0.6 is 0 Å². The first-order chi connectivity index (χ1) is 9.34. The Morgan fingerprint density at radius 3 is 2.45 bits per heavy atom. The Morgan fingerprint density at radius 1 is 1.35 bits per heavy atom. The van der Waals surface area contributed by atoms with Gasteiger partial charge in [-0.25, -0.2) is 13.1 Å². The van der Waals surface area contributed by atoms with Crippen molar-refractivity contribution in [1.82, 2.24) is 4.72 Å². The molecule has 2 unspecified atom stereocenters. The van der Waals surface area contributed by atoms with Gasteiger partial charge in [0.05, 0.1) is 11.9 Å². The SMILES string of the molecule is COC(Cc1ccccc1)CS(=O)(=O)NC(C)C(=O)O. The minimum absolute atomic E-state index is 0.282. The molecule has 1 aromatic carbocycles. The first kappa shape index (κ1) is 16.6. The molecule has 112 valence electrons. The van der Waals surface area contributed by atoms with Gasteiger partial charge in [-0.05, 0) is 18.9 Å². The van der Waals surface area contributed by atoms with E-state index in [1.165, 1.54) is 14.0 Å². The quantitative estimate of drug-likeness (QED) is 0.735. The number of aliphatic carboxylic acids is 1. The smallest absolute Gasteiger partial charge is 0.321 e. The fourth-order valence-electron chi connectivity index (χ4n) is 1.70. The highest BCUT2D eigenvalue weighted by molar-refractivity contribution is 7.89. The molecule has 20 heavy (non-hydrogen) atoms. The van der Waals surface area contributed by atoms with Gasteiger partial charge in [-0.3, -0.25) is 4.79 Å². The highest BCUT2D eigenvalue weighted by Gasteiger charge is 2.23. The Morgan fingerprint density at radius 2 is 1.95 bits per heavy atom. The molecule has 0 fully saturated rings. The molecule has 1 rings (SSSR count). The molecule has 0 amide bonds. The fourth-order valence-corrected chi connectivity index (χ4v) is 3.18. The van der Waals surface area contributed by atoms with Crippen molar-refractivity contribution >= 4 is 16.0 Å². The van der Waals surface area contributed by atoms with Crippen molar-refractivity contribution in [2.24, 2.45) is 0 Å². The topological polar surface area (TPSA) is 92.7 Å². The van der Waals surface area contributed by atoms with E-state index < -0.39 is 28.1 Å². The van der Waals surface area contributed by atoms with Crippen LogP contribution in [0.15, 0.2) is 30.3 Å². The molecule has 0 spiro atoms. The Balaban J connectivity index is 2.65. The van der Waals surface area contributed by atoms with E-state index in [2.05, 4.69) is 4.72 Å². The normalized spacial score (nSPS) is 14.7. The van der Waals surface area contributed by atoms with E-state index in [-0.39, 0.29) is 5.75 Å². The number of carboxylic acids is 1. The van der Waals surface area contributed by atoms with Crippen LogP contribution in [0.5, 0.6) is 0 Å². The molecule has 0 saturated carbocycles. The third kappa shape index (κ3) is 5.68. The summed E-state index contributed by atoms with van der Waals surface area (Å²) in [4.78, 5) is 10.7. The summed E-state index contributed by atoms with van der Waals surface area (Å²) in [7, 11) is -2.28. The van der Waals surface area contributed by atoms with Gasteiger partial charge >= 0.3 is 5.97 Å². The summed E-state index contributed by atoms with van der Waals surface area (Å²) in [5.41, 5.74) is 0.959. The number of carboxylic acid groups (broad SMARTS) is 1. The van der Waals surface area contributed by atoms with Gasteiger partial charge in [-0.1, -0.05) is 30.3 Å². The maximum atomic E-state index is 11.9. The third-order valence-electron chi connectivity index (χ3n) is 2.77. The monoisotopic (exact) mass is 301 g/mol. The van der Waals surface area contributed by atoms with Crippen LogP contribution in [-0.4, -0.2) is 44.5 Å². The van der Waals surface area contributed by atoms with Crippen molar-refractivity contribution in [3.63, 3.8) is 0 Å². The maximum absolute atomic E-state index is 11.9. The van der Waals surface area contributed by atoms with Crippen LogP contribution in [0.25, 0.3) is 0 Å². The maximum Gasteiger partial charge on any atom is 0.321 e. The van der Waals surface area contributed by atoms with Crippen molar-refractivity contribution in [2.75, 3.05) is 12.9 Å². The molecule has 0 bridgehead atoms. The van der Waals surface area contributed by atoms with Gasteiger partial charge in [0.15, 0.2) is 0 Å². The van der Waals surface area contributed by atoms with Gasteiger partial charge < -0.3 is 9.84 Å². The first-order valence-electron chi connectivity index (χ1n) is 6.13. The molecular formula is C13H19NO5S. The number of hydrogen-bond donors (Lipinski definition) is 2. The highest BCUT2D eigenvalue weighted by atomic mass is 32.2. The number of methoxy groups -OCH3 is 1. The second-order valence-corrected chi connectivity index (χ2v) is 6.31. The molecule has 7 heteroatoms. The van der Waals surface area contributed by atoms with E-state index in [9.17, 15) is 13.2 Å². The lowest BCUT2D eigenvalue weighted by molar-refractivity contribution is -0.138. The lowest BCUT2D eigenvalue weighted by Crippen LogP contribution is -2.42. The van der Waals surface area contributed by atoms with E-state index >= 15 is 0 Å². The number of rotatable bonds is 8. The molecule has 2 atom stereocenters. The number of benzene rings is 1. The van der Waals surface area contributed by atoms with Crippen LogP contribution < -0.4 is 4.72 Å².